The van der Waals surface area contributed by atoms with E-state index in [1.165, 1.54) is 6.07 Å². The molecule has 15 nitrogen and oxygen atoms in total. The van der Waals surface area contributed by atoms with Crippen molar-refractivity contribution in [3.8, 4) is 0 Å². The number of aromatic nitrogens is 2. The van der Waals surface area contributed by atoms with Gasteiger partial charge in [-0.05, 0) is 13.5 Å². The Labute approximate surface area is 254 Å². The fourth-order valence-corrected chi connectivity index (χ4v) is 4.55. The number of aliphatic hydroxyl groups is 2. The van der Waals surface area contributed by atoms with Gasteiger partial charge in [0.2, 0.25) is 17.8 Å². The highest BCUT2D eigenvalue weighted by Crippen LogP contribution is 2.05. The molecule has 1 aromatic rings. The van der Waals surface area contributed by atoms with Crippen molar-refractivity contribution in [2.24, 2.45) is 5.73 Å². The number of rotatable bonds is 21. The molecule has 15 heteroatoms. The van der Waals surface area contributed by atoms with Gasteiger partial charge in [0.15, 0.2) is 0 Å². The molecule has 1 heterocycles. The topological polar surface area (TPSA) is 212 Å². The molecule has 2 unspecified atom stereocenters. The number of aliphatic hydroxyl groups excluding tert-OH is 2. The second-order valence-electron chi connectivity index (χ2n) is 12.3. The van der Waals surface area contributed by atoms with E-state index in [4.69, 9.17) is 5.73 Å². The van der Waals surface area contributed by atoms with Gasteiger partial charge in [-0.25, -0.2) is 9.78 Å². The Bertz CT molecular complexity index is 1060. The summed E-state index contributed by atoms with van der Waals surface area (Å²) in [6.45, 7) is 6.99. The molecule has 9 N–H and O–H groups in total. The minimum atomic E-state index is -1.38. The lowest BCUT2D eigenvalue weighted by molar-refractivity contribution is -0.890. The van der Waals surface area contributed by atoms with E-state index >= 15 is 0 Å². The van der Waals surface area contributed by atoms with Gasteiger partial charge >= 0.3 is 6.03 Å². The lowest BCUT2D eigenvalue weighted by Crippen LogP contribution is -2.44. The van der Waals surface area contributed by atoms with Crippen LogP contribution in [-0.2, 0) is 9.59 Å². The molecule has 0 aliphatic heterocycles. The molecule has 246 valence electrons. The van der Waals surface area contributed by atoms with Gasteiger partial charge < -0.3 is 40.9 Å². The molecule has 0 aromatic carbocycles. The largest absolute Gasteiger partial charge is 0.392 e. The predicted octanol–water partition coefficient (Wildman–Crippen LogP) is -1.39. The number of urea groups is 1. The van der Waals surface area contributed by atoms with Gasteiger partial charge in [-0.15, -0.1) is 0 Å². The summed E-state index contributed by atoms with van der Waals surface area (Å²) in [5.41, 5.74) is 5.73. The lowest BCUT2D eigenvalue weighted by Gasteiger charge is -2.30. The summed E-state index contributed by atoms with van der Waals surface area (Å²) in [6, 6.07) is 0.882. The maximum Gasteiger partial charge on any atom is 0.321 e. The van der Waals surface area contributed by atoms with E-state index in [9.17, 15) is 29.4 Å². The normalized spacial score (nSPS) is 13.2. The van der Waals surface area contributed by atoms with Gasteiger partial charge in [0.05, 0.1) is 66.9 Å². The number of nitrogens with one attached hydrogen (secondary N) is 5. The van der Waals surface area contributed by atoms with Gasteiger partial charge in [-0.1, -0.05) is 0 Å². The number of aryl methyl sites for hydroxylation is 1. The third kappa shape index (κ3) is 18.2. The summed E-state index contributed by atoms with van der Waals surface area (Å²) in [6.07, 6.45) is 0.182. The number of aromatic amines is 1. The van der Waals surface area contributed by atoms with Gasteiger partial charge in [0, 0.05) is 63.5 Å². The molecule has 1 aromatic heterocycles. The first kappa shape index (κ1) is 37.9. The Hall–Kier alpha value is -3.11. The number of quaternary nitrogens is 2. The van der Waals surface area contributed by atoms with E-state index in [2.05, 4.69) is 59.4 Å². The van der Waals surface area contributed by atoms with Gasteiger partial charge in [-0.2, -0.15) is 0 Å². The third-order valence-electron chi connectivity index (χ3n) is 7.02. The third-order valence-corrected chi connectivity index (χ3v) is 7.02. The van der Waals surface area contributed by atoms with Gasteiger partial charge in [-0.3, -0.25) is 24.7 Å². The summed E-state index contributed by atoms with van der Waals surface area (Å²) >= 11 is 0. The number of nitrogens with zero attached hydrogens (tertiary/aromatic N) is 3. The van der Waals surface area contributed by atoms with Crippen LogP contribution in [0.4, 0.5) is 10.7 Å². The van der Waals surface area contributed by atoms with Crippen LogP contribution < -0.4 is 32.6 Å². The Morgan fingerprint density at radius 1 is 0.907 bits per heavy atom. The smallest absolute Gasteiger partial charge is 0.321 e. The Morgan fingerprint density at radius 3 is 2.00 bits per heavy atom. The predicted molar refractivity (Wildman–Crippen MR) is 165 cm³/mol. The fourth-order valence-electron chi connectivity index (χ4n) is 4.55. The van der Waals surface area contributed by atoms with Gasteiger partial charge in [0.25, 0.3) is 5.56 Å². The molecular formula is C28H55N9O6+2. The Morgan fingerprint density at radius 2 is 1.44 bits per heavy atom. The average molecular weight is 614 g/mol. The maximum absolute atomic E-state index is 12.2. The van der Waals surface area contributed by atoms with Crippen molar-refractivity contribution >= 4 is 23.8 Å². The highest BCUT2D eigenvalue weighted by Gasteiger charge is 2.22. The Balaban J connectivity index is 2.18. The van der Waals surface area contributed by atoms with Crippen LogP contribution in [0.5, 0.6) is 0 Å². The first-order chi connectivity index (χ1) is 20.1. The molecule has 0 radical (unpaired) electrons. The van der Waals surface area contributed by atoms with E-state index in [1.54, 1.807) is 6.92 Å². The SMILES string of the molecule is Cc1cc(=O)[nH]c(NC(=O)NCCC[N+](C)(C)CCCNC(=O)CC(O)CC(O)C(=O)NCCC[N+](C)(C)CCCN)n1. The summed E-state index contributed by atoms with van der Waals surface area (Å²) in [7, 11) is 8.33. The zero-order chi connectivity index (χ0) is 32.5. The first-order valence-electron chi connectivity index (χ1n) is 15.0. The second kappa shape index (κ2) is 19.2. The maximum atomic E-state index is 12.2. The Kier molecular flexibility index (Phi) is 17.0. The summed E-state index contributed by atoms with van der Waals surface area (Å²) in [5.74, 6) is -0.806. The molecule has 2 atom stereocenters. The van der Waals surface area contributed by atoms with E-state index in [1.807, 2.05) is 0 Å². The van der Waals surface area contributed by atoms with Crippen LogP contribution in [0.2, 0.25) is 0 Å². The fraction of sp³-hybridized carbons (Fsp3) is 0.750. The minimum Gasteiger partial charge on any atom is -0.392 e. The molecule has 43 heavy (non-hydrogen) atoms. The molecule has 4 amide bonds. The minimum absolute atomic E-state index is 0.0921. The zero-order valence-corrected chi connectivity index (χ0v) is 26.6. The van der Waals surface area contributed by atoms with Crippen molar-refractivity contribution in [1.82, 2.24) is 25.9 Å². The van der Waals surface area contributed by atoms with Crippen LogP contribution in [0.15, 0.2) is 10.9 Å². The van der Waals surface area contributed by atoms with Crippen molar-refractivity contribution in [2.45, 2.75) is 57.7 Å². The van der Waals surface area contributed by atoms with Crippen molar-refractivity contribution < 1.29 is 33.6 Å². The van der Waals surface area contributed by atoms with E-state index in [0.717, 1.165) is 49.9 Å². The monoisotopic (exact) mass is 613 g/mol. The zero-order valence-electron chi connectivity index (χ0n) is 26.6. The molecule has 0 saturated carbocycles. The van der Waals surface area contributed by atoms with Crippen molar-refractivity contribution in [1.29, 1.82) is 0 Å². The number of anilines is 1. The summed E-state index contributed by atoms with van der Waals surface area (Å²) in [4.78, 5) is 54.4. The number of carbonyl (C=O) groups is 3. The van der Waals surface area contributed by atoms with Gasteiger partial charge in [0.1, 0.15) is 6.10 Å². The van der Waals surface area contributed by atoms with E-state index in [-0.39, 0.29) is 30.3 Å². The number of H-pyrrole nitrogens is 1. The molecule has 1 rings (SSSR count). The lowest BCUT2D eigenvalue weighted by atomic mass is 10.1. The quantitative estimate of drug-likeness (QED) is 0.0609. The molecule has 0 spiro atoms. The molecule has 0 aliphatic rings. The molecule has 0 fully saturated rings. The van der Waals surface area contributed by atoms with Crippen LogP contribution in [0.25, 0.3) is 0 Å². The standard InChI is InChI=1S/C28H53N9O6/c1-21-18-25(41)34-27(33-21)35-28(43)32-13-9-17-37(4,5)15-7-11-30-24(40)20-22(38)19-23(39)26(42)31-12-8-16-36(2,3)14-6-10-29/h18,22-23,38-39H,6-17,19-20,29H2,1-5H3,(H3-2,30,31,32,33,34,35,40,41,42,43)/p+2. The number of amides is 4. The van der Waals surface area contributed by atoms with Crippen LogP contribution in [0, 0.1) is 6.92 Å². The van der Waals surface area contributed by atoms with Crippen LogP contribution in [-0.4, -0.2) is 140 Å². The average Bonchev–Trinajstić information content (AvgIpc) is 2.89. The number of hydrogen-bond acceptors (Lipinski definition) is 8. The van der Waals surface area contributed by atoms with Crippen LogP contribution in [0.3, 0.4) is 0 Å². The molecule has 0 saturated heterocycles. The summed E-state index contributed by atoms with van der Waals surface area (Å²) < 4.78 is 1.48. The number of carbonyl (C=O) groups excluding carboxylic acids is 3. The van der Waals surface area contributed by atoms with Crippen LogP contribution >= 0.6 is 0 Å². The number of nitrogens with two attached hydrogens (primary N) is 1. The van der Waals surface area contributed by atoms with Crippen LogP contribution in [0.1, 0.15) is 44.2 Å². The highest BCUT2D eigenvalue weighted by molar-refractivity contribution is 5.87. The molecular weight excluding hydrogens is 558 g/mol. The van der Waals surface area contributed by atoms with Crippen molar-refractivity contribution in [3.63, 3.8) is 0 Å². The summed E-state index contributed by atoms with van der Waals surface area (Å²) in [5, 5.41) is 31.0. The van der Waals surface area contributed by atoms with Crippen molar-refractivity contribution in [2.75, 3.05) is 85.9 Å². The molecule has 0 aliphatic carbocycles. The highest BCUT2D eigenvalue weighted by atomic mass is 16.3. The van der Waals surface area contributed by atoms with Crippen molar-refractivity contribution in [3.05, 3.63) is 22.1 Å². The molecule has 0 bridgehead atoms. The van der Waals surface area contributed by atoms with E-state index < -0.39 is 24.1 Å². The number of hydrogen-bond donors (Lipinski definition) is 8. The first-order valence-corrected chi connectivity index (χ1v) is 15.0. The van der Waals surface area contributed by atoms with E-state index in [0.29, 0.717) is 42.8 Å². The second-order valence-corrected chi connectivity index (χ2v) is 12.3.